The summed E-state index contributed by atoms with van der Waals surface area (Å²) in [6.07, 6.45) is 7.19. The van der Waals surface area contributed by atoms with Gasteiger partial charge in [0.15, 0.2) is 0 Å². The zero-order valence-electron chi connectivity index (χ0n) is 27.6. The number of rotatable bonds is 5. The first-order valence-electron chi connectivity index (χ1n) is 16.6. The number of benzene rings is 2. The molecule has 4 fully saturated rings. The first kappa shape index (κ1) is 23.1. The van der Waals surface area contributed by atoms with Crippen LogP contribution in [0.25, 0.3) is 27.4 Å². The first-order valence-corrected chi connectivity index (χ1v) is 14.6. The van der Waals surface area contributed by atoms with Crippen LogP contribution in [-0.2, 0) is 0 Å². The average molecular weight is 604 g/mol. The number of terminal acetylenes is 1. The highest BCUT2D eigenvalue weighted by Gasteiger charge is 2.49. The van der Waals surface area contributed by atoms with Gasteiger partial charge in [-0.3, -0.25) is 9.69 Å². The molecule has 2 aromatic carbocycles. The Kier molecular flexibility index (Phi) is 5.30. The van der Waals surface area contributed by atoms with Crippen molar-refractivity contribution in [3.63, 3.8) is 0 Å². The molecule has 10 nitrogen and oxygen atoms in total. The van der Waals surface area contributed by atoms with Gasteiger partial charge in [0, 0.05) is 52.3 Å². The molecule has 44 heavy (non-hydrogen) atoms. The van der Waals surface area contributed by atoms with Gasteiger partial charge >= 0.3 is 6.01 Å². The number of anilines is 1. The van der Waals surface area contributed by atoms with E-state index in [0.717, 1.165) is 17.5 Å². The van der Waals surface area contributed by atoms with Gasteiger partial charge in [0.1, 0.15) is 35.6 Å². The van der Waals surface area contributed by atoms with Crippen LogP contribution in [-0.4, -0.2) is 86.2 Å². The second-order valence-electron chi connectivity index (χ2n) is 11.9. The third-order valence-corrected chi connectivity index (χ3v) is 9.15. The number of hydrogen-bond donors (Lipinski definition) is 2. The molecule has 0 aliphatic carbocycles. The van der Waals surface area contributed by atoms with Gasteiger partial charge in [-0.25, -0.2) is 8.78 Å². The minimum Gasteiger partial charge on any atom is -0.508 e. The quantitative estimate of drug-likeness (QED) is 0.333. The van der Waals surface area contributed by atoms with Crippen molar-refractivity contribution in [2.45, 2.75) is 55.9 Å². The Hall–Kier alpha value is -4.34. The number of nitrogens with zero attached hydrogens (tertiary/aromatic N) is 6. The number of alkyl halides is 1. The number of ether oxygens (including phenoxy) is 1. The van der Waals surface area contributed by atoms with Crippen LogP contribution in [0.3, 0.4) is 0 Å². The fourth-order valence-corrected chi connectivity index (χ4v) is 7.18. The van der Waals surface area contributed by atoms with Crippen molar-refractivity contribution in [3.8, 4) is 29.8 Å². The molecule has 4 aliphatic heterocycles. The van der Waals surface area contributed by atoms with Crippen LogP contribution in [0.4, 0.5) is 14.6 Å². The third-order valence-electron chi connectivity index (χ3n) is 9.15. The molecule has 0 unspecified atom stereocenters. The van der Waals surface area contributed by atoms with Crippen molar-refractivity contribution in [2.75, 3.05) is 37.6 Å². The molecule has 4 aliphatic rings. The number of piperazine rings is 1. The standard InChI is InChI=1S/C32H31F2N7O3/c1-2-23-25(34)7-4-18-10-22(42)11-26(27(18)23)41-30(43)28-24(13-35-41)29(39-15-20-5-6-21(16-39)36-20)38-31(37-28)44-17-32-8-3-9-40(32)14-19(33)12-32/h1,4,7,10-11,13,19-21,36,42H,3,5-6,8-9,12,14-17H2/t19-,20-,21+,32+/m1/s1/i9D2,17D2. The molecule has 8 rings (SSSR count). The van der Waals surface area contributed by atoms with Crippen molar-refractivity contribution in [3.05, 3.63) is 52.2 Å². The normalized spacial score (nSPS) is 29.2. The summed E-state index contributed by atoms with van der Waals surface area (Å²) in [7, 11) is 0. The number of phenolic OH excluding ortho intramolecular Hbond substituents is 1. The summed E-state index contributed by atoms with van der Waals surface area (Å²) < 4.78 is 71.4. The molecular formula is C32H31F2N7O3. The molecule has 2 N–H and O–H groups in total. The second kappa shape index (κ2) is 10.1. The Balaban J connectivity index is 1.31. The molecule has 2 aromatic heterocycles. The summed E-state index contributed by atoms with van der Waals surface area (Å²) in [5, 5.41) is 19.3. The van der Waals surface area contributed by atoms with Crippen LogP contribution >= 0.6 is 0 Å². The molecule has 4 atom stereocenters. The maximum atomic E-state index is 14.9. The molecule has 12 heteroatoms. The van der Waals surface area contributed by atoms with E-state index in [9.17, 15) is 18.7 Å². The molecule has 6 heterocycles. The lowest BCUT2D eigenvalue weighted by molar-refractivity contribution is 0.107. The highest BCUT2D eigenvalue weighted by atomic mass is 19.1. The zero-order chi connectivity index (χ0) is 33.7. The highest BCUT2D eigenvalue weighted by molar-refractivity contribution is 5.97. The Morgan fingerprint density at radius 1 is 1.25 bits per heavy atom. The van der Waals surface area contributed by atoms with E-state index in [1.54, 1.807) is 0 Å². The first-order chi connectivity index (χ1) is 22.8. The van der Waals surface area contributed by atoms with Gasteiger partial charge in [-0.2, -0.15) is 19.7 Å². The summed E-state index contributed by atoms with van der Waals surface area (Å²) in [6.45, 7) is -3.79. The van der Waals surface area contributed by atoms with Gasteiger partial charge in [-0.15, -0.1) is 6.42 Å². The van der Waals surface area contributed by atoms with Gasteiger partial charge < -0.3 is 20.1 Å². The number of hydrogen-bond acceptors (Lipinski definition) is 9. The fraction of sp³-hybridized carbons (Fsp3) is 0.438. The maximum Gasteiger partial charge on any atom is 0.319 e. The second-order valence-corrected chi connectivity index (χ2v) is 11.9. The van der Waals surface area contributed by atoms with Gasteiger partial charge in [-0.1, -0.05) is 12.0 Å². The molecule has 226 valence electrons. The van der Waals surface area contributed by atoms with Crippen molar-refractivity contribution in [1.29, 1.82) is 0 Å². The van der Waals surface area contributed by atoms with Crippen LogP contribution in [0.2, 0.25) is 0 Å². The van der Waals surface area contributed by atoms with Crippen molar-refractivity contribution in [2.24, 2.45) is 0 Å². The van der Waals surface area contributed by atoms with Gasteiger partial charge in [0.25, 0.3) is 5.56 Å². The molecule has 0 radical (unpaired) electrons. The summed E-state index contributed by atoms with van der Waals surface area (Å²) in [6, 6.07) is 5.07. The van der Waals surface area contributed by atoms with E-state index in [1.807, 2.05) is 4.90 Å². The van der Waals surface area contributed by atoms with Gasteiger partial charge in [-0.05, 0) is 49.7 Å². The van der Waals surface area contributed by atoms with E-state index >= 15 is 0 Å². The topological polar surface area (TPSA) is 109 Å². The van der Waals surface area contributed by atoms with E-state index in [0.29, 0.717) is 24.3 Å². The Bertz CT molecular complexity index is 2100. The number of nitrogens with one attached hydrogen (secondary N) is 1. The van der Waals surface area contributed by atoms with Gasteiger partial charge in [0.2, 0.25) is 0 Å². The number of aromatic nitrogens is 4. The number of phenols is 1. The Morgan fingerprint density at radius 2 is 2.07 bits per heavy atom. The van der Waals surface area contributed by atoms with Crippen molar-refractivity contribution in [1.82, 2.24) is 30.0 Å². The molecule has 0 spiro atoms. The summed E-state index contributed by atoms with van der Waals surface area (Å²) in [5.74, 6) is 1.69. The lowest BCUT2D eigenvalue weighted by atomic mass is 9.95. The highest BCUT2D eigenvalue weighted by Crippen LogP contribution is 2.40. The third kappa shape index (κ3) is 4.29. The van der Waals surface area contributed by atoms with E-state index in [-0.39, 0.29) is 71.2 Å². The molecule has 0 amide bonds. The number of fused-ring (bicyclic) bond motifs is 5. The van der Waals surface area contributed by atoms with E-state index in [4.69, 9.17) is 16.6 Å². The van der Waals surface area contributed by atoms with Crippen LogP contribution in [0.15, 0.2) is 35.3 Å². The molecule has 4 aromatic rings. The lowest BCUT2D eigenvalue weighted by Crippen LogP contribution is -2.51. The predicted octanol–water partition coefficient (Wildman–Crippen LogP) is 3.05. The lowest BCUT2D eigenvalue weighted by Gasteiger charge is -2.34. The fourth-order valence-electron chi connectivity index (χ4n) is 7.18. The van der Waals surface area contributed by atoms with Crippen LogP contribution in [0.1, 0.15) is 43.2 Å². The predicted molar refractivity (Wildman–Crippen MR) is 161 cm³/mol. The Labute approximate surface area is 257 Å². The minimum atomic E-state index is -2.65. The number of halogens is 2. The monoisotopic (exact) mass is 603 g/mol. The van der Waals surface area contributed by atoms with E-state index in [2.05, 4.69) is 26.3 Å². The van der Waals surface area contributed by atoms with Crippen molar-refractivity contribution < 1.29 is 24.1 Å². The Morgan fingerprint density at radius 3 is 2.86 bits per heavy atom. The smallest absolute Gasteiger partial charge is 0.319 e. The molecule has 4 saturated heterocycles. The van der Waals surface area contributed by atoms with Crippen LogP contribution < -0.4 is 20.5 Å². The minimum absolute atomic E-state index is 0.00435. The zero-order valence-corrected chi connectivity index (χ0v) is 23.6. The van der Waals surface area contributed by atoms with E-state index in [1.165, 1.54) is 35.4 Å². The summed E-state index contributed by atoms with van der Waals surface area (Å²) in [5.41, 5.74) is -2.73. The average Bonchev–Trinajstić information content (AvgIpc) is 3.66. The van der Waals surface area contributed by atoms with E-state index < -0.39 is 42.2 Å². The SMILES string of the molecule is [2H]C1([2H])CC[C@@]2(C([2H])([2H])Oc3nc(N4C[C@H]5CC[C@@H](C4)N5)c4cnn(-c5cc(O)cc6ccc(F)c(C#C)c56)c(=O)c4n3)C[C@@H](F)CN12. The molecule has 2 bridgehead atoms. The largest absolute Gasteiger partial charge is 0.508 e. The molecule has 0 saturated carbocycles. The maximum absolute atomic E-state index is 14.9. The molecular weight excluding hydrogens is 568 g/mol. The van der Waals surface area contributed by atoms with Crippen LogP contribution in [0, 0.1) is 18.2 Å². The van der Waals surface area contributed by atoms with Crippen molar-refractivity contribution >= 4 is 27.5 Å². The van der Waals surface area contributed by atoms with Gasteiger partial charge in [0.05, 0.1) is 31.1 Å². The summed E-state index contributed by atoms with van der Waals surface area (Å²) >= 11 is 0. The number of aromatic hydroxyl groups is 1. The summed E-state index contributed by atoms with van der Waals surface area (Å²) in [4.78, 5) is 26.5. The van der Waals surface area contributed by atoms with Crippen LogP contribution in [0.5, 0.6) is 11.8 Å².